The Morgan fingerprint density at radius 3 is 3.00 bits per heavy atom. The van der Waals surface area contributed by atoms with Gasteiger partial charge in [0.15, 0.2) is 0 Å². The molecule has 14 heavy (non-hydrogen) atoms. The van der Waals surface area contributed by atoms with Crippen molar-refractivity contribution in [2.45, 2.75) is 19.4 Å². The summed E-state index contributed by atoms with van der Waals surface area (Å²) in [6, 6.07) is 2.00. The van der Waals surface area contributed by atoms with E-state index in [2.05, 4.69) is 27.5 Å². The first-order chi connectivity index (χ1) is 6.74. The Balaban J connectivity index is 2.18. The average Bonchev–Trinajstić information content (AvgIpc) is 2.69. The summed E-state index contributed by atoms with van der Waals surface area (Å²) in [5.41, 5.74) is 1.33. The molecular formula is C10H16N2OS. The van der Waals surface area contributed by atoms with E-state index in [0.29, 0.717) is 0 Å². The van der Waals surface area contributed by atoms with Crippen LogP contribution in [0, 0.1) is 0 Å². The zero-order chi connectivity index (χ0) is 10.4. The van der Waals surface area contributed by atoms with Crippen molar-refractivity contribution >= 4 is 17.2 Å². The third-order valence-electron chi connectivity index (χ3n) is 2.08. The standard InChI is InChI=1S/C10H16N2OS/c1-8(10(13)11-2)12-5-3-9-4-6-14-7-9/h4,6-8,12H,3,5H2,1-2H3,(H,11,13). The molecule has 1 rings (SSSR count). The minimum Gasteiger partial charge on any atom is -0.358 e. The fourth-order valence-electron chi connectivity index (χ4n) is 1.18. The molecule has 0 radical (unpaired) electrons. The summed E-state index contributed by atoms with van der Waals surface area (Å²) in [7, 11) is 1.65. The first kappa shape index (κ1) is 11.2. The van der Waals surface area contributed by atoms with Gasteiger partial charge in [-0.15, -0.1) is 0 Å². The molecule has 0 fully saturated rings. The maximum Gasteiger partial charge on any atom is 0.236 e. The van der Waals surface area contributed by atoms with E-state index >= 15 is 0 Å². The number of carbonyl (C=O) groups excluding carboxylic acids is 1. The Bertz CT molecular complexity index is 272. The summed E-state index contributed by atoms with van der Waals surface area (Å²) in [5, 5.41) is 9.97. The summed E-state index contributed by atoms with van der Waals surface area (Å²) in [6.07, 6.45) is 0.977. The second kappa shape index (κ2) is 5.78. The van der Waals surface area contributed by atoms with Crippen LogP contribution in [-0.2, 0) is 11.2 Å². The highest BCUT2D eigenvalue weighted by Gasteiger charge is 2.08. The van der Waals surface area contributed by atoms with Crippen LogP contribution in [-0.4, -0.2) is 25.5 Å². The predicted molar refractivity (Wildman–Crippen MR) is 59.6 cm³/mol. The normalized spacial score (nSPS) is 12.4. The van der Waals surface area contributed by atoms with Crippen molar-refractivity contribution in [2.24, 2.45) is 0 Å². The largest absolute Gasteiger partial charge is 0.358 e. The van der Waals surface area contributed by atoms with Crippen LogP contribution in [0.3, 0.4) is 0 Å². The van der Waals surface area contributed by atoms with Crippen LogP contribution < -0.4 is 10.6 Å². The molecule has 2 N–H and O–H groups in total. The van der Waals surface area contributed by atoms with E-state index in [9.17, 15) is 4.79 Å². The van der Waals surface area contributed by atoms with E-state index in [1.807, 2.05) is 6.92 Å². The Morgan fingerprint density at radius 1 is 1.64 bits per heavy atom. The van der Waals surface area contributed by atoms with E-state index in [0.717, 1.165) is 13.0 Å². The molecule has 0 aliphatic heterocycles. The fourth-order valence-corrected chi connectivity index (χ4v) is 1.88. The van der Waals surface area contributed by atoms with Crippen molar-refractivity contribution < 1.29 is 4.79 Å². The summed E-state index contributed by atoms with van der Waals surface area (Å²) in [6.45, 7) is 2.71. The van der Waals surface area contributed by atoms with Crippen molar-refractivity contribution in [3.05, 3.63) is 22.4 Å². The molecule has 0 aliphatic rings. The quantitative estimate of drug-likeness (QED) is 0.765. The highest BCUT2D eigenvalue weighted by atomic mass is 32.1. The SMILES string of the molecule is CNC(=O)C(C)NCCc1ccsc1. The maximum absolute atomic E-state index is 11.1. The predicted octanol–water partition coefficient (Wildman–Crippen LogP) is 1.01. The number of likely N-dealkylation sites (N-methyl/N-ethyl adjacent to an activating group) is 1. The van der Waals surface area contributed by atoms with Crippen molar-refractivity contribution in [3.63, 3.8) is 0 Å². The molecule has 3 nitrogen and oxygen atoms in total. The van der Waals surface area contributed by atoms with Gasteiger partial charge in [-0.25, -0.2) is 0 Å². The fraction of sp³-hybridized carbons (Fsp3) is 0.500. The highest BCUT2D eigenvalue weighted by Crippen LogP contribution is 2.05. The van der Waals surface area contributed by atoms with Gasteiger partial charge in [-0.1, -0.05) is 0 Å². The molecule has 4 heteroatoms. The van der Waals surface area contributed by atoms with Crippen LogP contribution in [0.2, 0.25) is 0 Å². The Hall–Kier alpha value is -0.870. The summed E-state index contributed by atoms with van der Waals surface area (Å²) < 4.78 is 0. The molecule has 1 heterocycles. The molecule has 0 spiro atoms. The summed E-state index contributed by atoms with van der Waals surface area (Å²) >= 11 is 1.70. The molecule has 0 saturated heterocycles. The van der Waals surface area contributed by atoms with Gasteiger partial charge in [-0.3, -0.25) is 4.79 Å². The molecule has 0 aliphatic carbocycles. The van der Waals surface area contributed by atoms with E-state index in [-0.39, 0.29) is 11.9 Å². The number of nitrogens with one attached hydrogen (secondary N) is 2. The molecule has 1 atom stereocenters. The maximum atomic E-state index is 11.1. The minimum atomic E-state index is -0.112. The molecule has 1 aromatic heterocycles. The zero-order valence-corrected chi connectivity index (χ0v) is 9.36. The number of rotatable bonds is 5. The number of carbonyl (C=O) groups is 1. The van der Waals surface area contributed by atoms with Crippen LogP contribution in [0.15, 0.2) is 16.8 Å². The van der Waals surface area contributed by atoms with Crippen molar-refractivity contribution in [2.75, 3.05) is 13.6 Å². The van der Waals surface area contributed by atoms with E-state index < -0.39 is 0 Å². The third kappa shape index (κ3) is 3.47. The van der Waals surface area contributed by atoms with E-state index in [1.54, 1.807) is 18.4 Å². The van der Waals surface area contributed by atoms with Crippen LogP contribution in [0.1, 0.15) is 12.5 Å². The van der Waals surface area contributed by atoms with Gasteiger partial charge < -0.3 is 10.6 Å². The minimum absolute atomic E-state index is 0.0373. The van der Waals surface area contributed by atoms with Crippen LogP contribution in [0.5, 0.6) is 0 Å². The van der Waals surface area contributed by atoms with Gasteiger partial charge in [0.25, 0.3) is 0 Å². The first-order valence-corrected chi connectivity index (χ1v) is 5.64. The molecule has 1 unspecified atom stereocenters. The number of hydrogen-bond donors (Lipinski definition) is 2. The van der Waals surface area contributed by atoms with Crippen molar-refractivity contribution in [1.29, 1.82) is 0 Å². The molecule has 78 valence electrons. The van der Waals surface area contributed by atoms with Gasteiger partial charge in [0.05, 0.1) is 6.04 Å². The second-order valence-electron chi connectivity index (χ2n) is 3.17. The lowest BCUT2D eigenvalue weighted by atomic mass is 10.2. The van der Waals surface area contributed by atoms with E-state index in [4.69, 9.17) is 0 Å². The van der Waals surface area contributed by atoms with Gasteiger partial charge in [-0.2, -0.15) is 11.3 Å². The van der Waals surface area contributed by atoms with Crippen molar-refractivity contribution in [3.8, 4) is 0 Å². The van der Waals surface area contributed by atoms with Crippen LogP contribution >= 0.6 is 11.3 Å². The lowest BCUT2D eigenvalue weighted by molar-refractivity contribution is -0.122. The molecule has 1 aromatic rings. The topological polar surface area (TPSA) is 41.1 Å². The Morgan fingerprint density at radius 2 is 2.43 bits per heavy atom. The van der Waals surface area contributed by atoms with Gasteiger partial charge in [-0.05, 0) is 42.3 Å². The van der Waals surface area contributed by atoms with Crippen LogP contribution in [0.25, 0.3) is 0 Å². The monoisotopic (exact) mass is 212 g/mol. The molecule has 0 bridgehead atoms. The third-order valence-corrected chi connectivity index (χ3v) is 2.82. The van der Waals surface area contributed by atoms with Crippen LogP contribution in [0.4, 0.5) is 0 Å². The number of thiophene rings is 1. The van der Waals surface area contributed by atoms with Crippen molar-refractivity contribution in [1.82, 2.24) is 10.6 Å². The number of amides is 1. The smallest absolute Gasteiger partial charge is 0.236 e. The molecule has 0 aromatic carbocycles. The molecule has 1 amide bonds. The number of hydrogen-bond acceptors (Lipinski definition) is 3. The summed E-state index contributed by atoms with van der Waals surface area (Å²) in [5.74, 6) is 0.0373. The molecular weight excluding hydrogens is 196 g/mol. The Labute approximate surface area is 88.5 Å². The zero-order valence-electron chi connectivity index (χ0n) is 8.54. The Kier molecular flexibility index (Phi) is 4.62. The first-order valence-electron chi connectivity index (χ1n) is 4.70. The second-order valence-corrected chi connectivity index (χ2v) is 3.95. The molecule has 0 saturated carbocycles. The lowest BCUT2D eigenvalue weighted by Crippen LogP contribution is -2.41. The summed E-state index contributed by atoms with van der Waals surface area (Å²) in [4.78, 5) is 11.1. The van der Waals surface area contributed by atoms with E-state index in [1.165, 1.54) is 5.56 Å². The van der Waals surface area contributed by atoms with Gasteiger partial charge in [0.2, 0.25) is 5.91 Å². The average molecular weight is 212 g/mol. The highest BCUT2D eigenvalue weighted by molar-refractivity contribution is 7.07. The lowest BCUT2D eigenvalue weighted by Gasteiger charge is -2.11. The van der Waals surface area contributed by atoms with Gasteiger partial charge in [0, 0.05) is 7.05 Å². The van der Waals surface area contributed by atoms with Gasteiger partial charge in [0.1, 0.15) is 0 Å². The van der Waals surface area contributed by atoms with Gasteiger partial charge >= 0.3 is 0 Å².